The highest BCUT2D eigenvalue weighted by atomic mass is 16.5. The third-order valence-corrected chi connectivity index (χ3v) is 3.19. The summed E-state index contributed by atoms with van der Waals surface area (Å²) < 4.78 is 9.51. The van der Waals surface area contributed by atoms with Gasteiger partial charge in [-0.3, -0.25) is 9.59 Å². The Morgan fingerprint density at radius 1 is 1.12 bits per heavy atom. The highest BCUT2D eigenvalue weighted by molar-refractivity contribution is 5.88. The molecule has 0 N–H and O–H groups in total. The Kier molecular flexibility index (Phi) is 3.13. The van der Waals surface area contributed by atoms with E-state index >= 15 is 0 Å². The molecule has 1 aliphatic rings. The summed E-state index contributed by atoms with van der Waals surface area (Å²) in [5.74, 6) is -1.75. The van der Waals surface area contributed by atoms with E-state index in [4.69, 9.17) is 9.47 Å². The average Bonchev–Trinajstić information content (AvgIpc) is 2.76. The van der Waals surface area contributed by atoms with Gasteiger partial charge in [-0.15, -0.1) is 0 Å². The molecule has 0 saturated carbocycles. The van der Waals surface area contributed by atoms with Crippen LogP contribution in [0.5, 0.6) is 0 Å². The molecular formula is C13H14O4. The summed E-state index contributed by atoms with van der Waals surface area (Å²) in [6, 6.07) is 7.54. The zero-order valence-corrected chi connectivity index (χ0v) is 9.80. The smallest absolute Gasteiger partial charge is 0.314 e. The largest absolute Gasteiger partial charge is 0.469 e. The molecule has 0 aliphatic heterocycles. The van der Waals surface area contributed by atoms with Crippen LogP contribution in [0.1, 0.15) is 17.0 Å². The molecule has 0 heterocycles. The molecule has 4 nitrogen and oxygen atoms in total. The van der Waals surface area contributed by atoms with Gasteiger partial charge in [0.15, 0.2) is 0 Å². The first kappa shape index (κ1) is 11.6. The standard InChI is InChI=1S/C13H14O4/c1-16-12(14)10-7-8-5-3-4-6-9(8)11(10)13(15)17-2/h3-6,10-11H,7H2,1-2H3/t10-,11+/m0/s1. The van der Waals surface area contributed by atoms with Gasteiger partial charge in [0.1, 0.15) is 0 Å². The molecule has 17 heavy (non-hydrogen) atoms. The van der Waals surface area contributed by atoms with Crippen molar-refractivity contribution in [1.29, 1.82) is 0 Å². The van der Waals surface area contributed by atoms with Crippen molar-refractivity contribution in [3.63, 3.8) is 0 Å². The number of carbonyl (C=O) groups is 2. The lowest BCUT2D eigenvalue weighted by molar-refractivity contribution is -0.153. The molecule has 2 rings (SSSR count). The predicted octanol–water partition coefficient (Wildman–Crippen LogP) is 1.29. The van der Waals surface area contributed by atoms with Crippen LogP contribution in [0.3, 0.4) is 0 Å². The van der Waals surface area contributed by atoms with E-state index in [1.165, 1.54) is 14.2 Å². The fourth-order valence-corrected chi connectivity index (χ4v) is 2.38. The number of esters is 2. The zero-order chi connectivity index (χ0) is 12.4. The quantitative estimate of drug-likeness (QED) is 0.723. The fraction of sp³-hybridized carbons (Fsp3) is 0.385. The third kappa shape index (κ3) is 1.90. The second-order valence-corrected chi connectivity index (χ2v) is 4.03. The van der Waals surface area contributed by atoms with Crippen molar-refractivity contribution in [2.24, 2.45) is 5.92 Å². The Balaban J connectivity index is 2.40. The molecule has 2 atom stereocenters. The first-order valence-corrected chi connectivity index (χ1v) is 5.42. The van der Waals surface area contributed by atoms with Gasteiger partial charge in [0.2, 0.25) is 0 Å². The monoisotopic (exact) mass is 234 g/mol. The van der Waals surface area contributed by atoms with Gasteiger partial charge in [-0.2, -0.15) is 0 Å². The topological polar surface area (TPSA) is 52.6 Å². The summed E-state index contributed by atoms with van der Waals surface area (Å²) in [5, 5.41) is 0. The van der Waals surface area contributed by atoms with Crippen molar-refractivity contribution in [3.05, 3.63) is 35.4 Å². The van der Waals surface area contributed by atoms with Crippen LogP contribution >= 0.6 is 0 Å². The zero-order valence-electron chi connectivity index (χ0n) is 9.80. The van der Waals surface area contributed by atoms with Crippen LogP contribution in [0.25, 0.3) is 0 Å². The van der Waals surface area contributed by atoms with Crippen LogP contribution in [0, 0.1) is 5.92 Å². The molecule has 0 aromatic heterocycles. The van der Waals surface area contributed by atoms with Crippen LogP contribution < -0.4 is 0 Å². The number of carbonyl (C=O) groups excluding carboxylic acids is 2. The lowest BCUT2D eigenvalue weighted by Crippen LogP contribution is -2.26. The number of rotatable bonds is 2. The maximum Gasteiger partial charge on any atom is 0.314 e. The van der Waals surface area contributed by atoms with E-state index in [0.29, 0.717) is 6.42 Å². The van der Waals surface area contributed by atoms with E-state index in [1.807, 2.05) is 24.3 Å². The maximum atomic E-state index is 11.8. The summed E-state index contributed by atoms with van der Waals surface area (Å²) in [6.07, 6.45) is 0.530. The van der Waals surface area contributed by atoms with E-state index in [1.54, 1.807) is 0 Å². The Morgan fingerprint density at radius 3 is 2.41 bits per heavy atom. The van der Waals surface area contributed by atoms with Crippen LogP contribution in [-0.4, -0.2) is 26.2 Å². The molecule has 0 spiro atoms. The molecule has 0 saturated heterocycles. The molecule has 1 aromatic carbocycles. The molecule has 0 bridgehead atoms. The van der Waals surface area contributed by atoms with E-state index in [-0.39, 0.29) is 11.9 Å². The van der Waals surface area contributed by atoms with Gasteiger partial charge in [-0.05, 0) is 17.5 Å². The van der Waals surface area contributed by atoms with Gasteiger partial charge in [-0.25, -0.2) is 0 Å². The molecule has 1 aliphatic carbocycles. The molecule has 90 valence electrons. The predicted molar refractivity (Wildman–Crippen MR) is 60.4 cm³/mol. The van der Waals surface area contributed by atoms with Gasteiger partial charge < -0.3 is 9.47 Å². The fourth-order valence-electron chi connectivity index (χ4n) is 2.38. The minimum Gasteiger partial charge on any atom is -0.469 e. The van der Waals surface area contributed by atoms with Crippen LogP contribution in [0.15, 0.2) is 24.3 Å². The van der Waals surface area contributed by atoms with E-state index < -0.39 is 11.8 Å². The minimum atomic E-state index is -0.538. The summed E-state index contributed by atoms with van der Waals surface area (Å²) in [6.45, 7) is 0. The van der Waals surface area contributed by atoms with Crippen molar-refractivity contribution in [1.82, 2.24) is 0 Å². The first-order chi connectivity index (χ1) is 8.19. The Labute approximate surface area is 99.5 Å². The van der Waals surface area contributed by atoms with E-state index in [9.17, 15) is 9.59 Å². The number of methoxy groups -OCH3 is 2. The molecule has 4 heteroatoms. The average molecular weight is 234 g/mol. The van der Waals surface area contributed by atoms with E-state index in [0.717, 1.165) is 11.1 Å². The lowest BCUT2D eigenvalue weighted by atomic mass is 9.93. The normalized spacial score (nSPS) is 21.8. The number of fused-ring (bicyclic) bond motifs is 1. The van der Waals surface area contributed by atoms with Crippen molar-refractivity contribution < 1.29 is 19.1 Å². The second-order valence-electron chi connectivity index (χ2n) is 4.03. The van der Waals surface area contributed by atoms with Crippen LogP contribution in [0.4, 0.5) is 0 Å². The SMILES string of the molecule is COC(=O)[C@H]1Cc2ccccc2[C@H]1C(=O)OC. The molecule has 0 radical (unpaired) electrons. The first-order valence-electron chi connectivity index (χ1n) is 5.42. The number of ether oxygens (including phenoxy) is 2. The highest BCUT2D eigenvalue weighted by Gasteiger charge is 2.42. The number of hydrogen-bond acceptors (Lipinski definition) is 4. The number of hydrogen-bond donors (Lipinski definition) is 0. The van der Waals surface area contributed by atoms with Gasteiger partial charge >= 0.3 is 11.9 Å². The summed E-state index contributed by atoms with van der Waals surface area (Å²) in [4.78, 5) is 23.5. The van der Waals surface area contributed by atoms with Crippen LogP contribution in [0.2, 0.25) is 0 Å². The van der Waals surface area contributed by atoms with Crippen molar-refractivity contribution in [2.75, 3.05) is 14.2 Å². The summed E-state index contributed by atoms with van der Waals surface area (Å²) in [7, 11) is 2.66. The Bertz CT molecular complexity index is 452. The highest BCUT2D eigenvalue weighted by Crippen LogP contribution is 2.39. The van der Waals surface area contributed by atoms with Crippen molar-refractivity contribution in [3.8, 4) is 0 Å². The number of benzene rings is 1. The maximum absolute atomic E-state index is 11.8. The minimum absolute atomic E-state index is 0.364. The van der Waals surface area contributed by atoms with Crippen LogP contribution in [-0.2, 0) is 25.5 Å². The molecular weight excluding hydrogens is 220 g/mol. The van der Waals surface area contributed by atoms with Crippen molar-refractivity contribution >= 4 is 11.9 Å². The molecule has 1 aromatic rings. The molecule has 0 unspecified atom stereocenters. The van der Waals surface area contributed by atoms with E-state index in [2.05, 4.69) is 0 Å². The summed E-state index contributed by atoms with van der Waals surface area (Å²) >= 11 is 0. The Hall–Kier alpha value is -1.84. The lowest BCUT2D eigenvalue weighted by Gasteiger charge is -2.15. The van der Waals surface area contributed by atoms with Gasteiger partial charge in [0, 0.05) is 0 Å². The summed E-state index contributed by atoms with van der Waals surface area (Å²) in [5.41, 5.74) is 1.88. The second kappa shape index (κ2) is 4.57. The van der Waals surface area contributed by atoms with Gasteiger partial charge in [0.05, 0.1) is 26.1 Å². The molecule has 0 fully saturated rings. The van der Waals surface area contributed by atoms with Gasteiger partial charge in [0.25, 0.3) is 0 Å². The van der Waals surface area contributed by atoms with Crippen molar-refractivity contribution in [2.45, 2.75) is 12.3 Å². The molecule has 0 amide bonds. The third-order valence-electron chi connectivity index (χ3n) is 3.19. The van der Waals surface area contributed by atoms with Gasteiger partial charge in [-0.1, -0.05) is 24.3 Å². The Morgan fingerprint density at radius 2 is 1.76 bits per heavy atom.